The van der Waals surface area contributed by atoms with Gasteiger partial charge in [0.05, 0.1) is 11.4 Å². The van der Waals surface area contributed by atoms with Gasteiger partial charge in [0, 0.05) is 14.8 Å². The first-order valence-corrected chi connectivity index (χ1v) is 10.4. The molecule has 0 unspecified atom stereocenters. The molecule has 3 rings (SSSR count). The summed E-state index contributed by atoms with van der Waals surface area (Å²) in [4.78, 5) is 1.82. The summed E-state index contributed by atoms with van der Waals surface area (Å²) < 4.78 is 27.7. The molecule has 25 heavy (non-hydrogen) atoms. The molecule has 0 aliphatic carbocycles. The van der Waals surface area contributed by atoms with E-state index >= 15 is 0 Å². The summed E-state index contributed by atoms with van der Waals surface area (Å²) in [5.41, 5.74) is 1.32. The van der Waals surface area contributed by atoms with Gasteiger partial charge in [-0.1, -0.05) is 65.8 Å². The zero-order valence-electron chi connectivity index (χ0n) is 13.2. The van der Waals surface area contributed by atoms with E-state index in [0.717, 1.165) is 15.4 Å². The maximum Gasteiger partial charge on any atom is 0.236 e. The molecular weight excluding hydrogens is 374 g/mol. The molecule has 0 spiro atoms. The van der Waals surface area contributed by atoms with Crippen molar-refractivity contribution in [3.05, 3.63) is 89.4 Å². The first-order chi connectivity index (χ1) is 12.0. The highest BCUT2D eigenvalue weighted by molar-refractivity contribution is 7.99. The zero-order chi connectivity index (χ0) is 17.7. The van der Waals surface area contributed by atoms with Crippen LogP contribution in [-0.2, 0) is 15.8 Å². The third-order valence-electron chi connectivity index (χ3n) is 3.39. The number of benzene rings is 3. The van der Waals surface area contributed by atoms with Gasteiger partial charge in [0.1, 0.15) is 0 Å². The average Bonchev–Trinajstić information content (AvgIpc) is 2.59. The minimum absolute atomic E-state index is 0.0617. The minimum Gasteiger partial charge on any atom is -0.282 e. The van der Waals surface area contributed by atoms with Crippen molar-refractivity contribution >= 4 is 39.1 Å². The van der Waals surface area contributed by atoms with Crippen molar-refractivity contribution in [2.75, 3.05) is 4.72 Å². The first-order valence-electron chi connectivity index (χ1n) is 7.59. The van der Waals surface area contributed by atoms with E-state index in [-0.39, 0.29) is 5.75 Å². The van der Waals surface area contributed by atoms with Crippen LogP contribution in [0, 0.1) is 0 Å². The summed E-state index contributed by atoms with van der Waals surface area (Å²) in [5, 5.41) is 0.668. The minimum atomic E-state index is -3.49. The van der Waals surface area contributed by atoms with Gasteiger partial charge >= 0.3 is 0 Å². The fourth-order valence-electron chi connectivity index (χ4n) is 2.27. The van der Waals surface area contributed by atoms with Crippen LogP contribution in [0.25, 0.3) is 0 Å². The van der Waals surface area contributed by atoms with Crippen LogP contribution >= 0.6 is 23.4 Å². The molecule has 6 heteroatoms. The summed E-state index contributed by atoms with van der Waals surface area (Å²) in [6, 6.07) is 23.9. The van der Waals surface area contributed by atoms with Crippen molar-refractivity contribution in [1.29, 1.82) is 0 Å². The Morgan fingerprint density at radius 3 is 2.20 bits per heavy atom. The second-order valence-corrected chi connectivity index (χ2v) is 8.67. The molecule has 0 heterocycles. The van der Waals surface area contributed by atoms with Gasteiger partial charge < -0.3 is 0 Å². The van der Waals surface area contributed by atoms with E-state index in [2.05, 4.69) is 4.72 Å². The smallest absolute Gasteiger partial charge is 0.236 e. The van der Waals surface area contributed by atoms with E-state index in [1.165, 1.54) is 11.8 Å². The fourth-order valence-corrected chi connectivity index (χ4v) is 4.58. The number of nitrogens with one attached hydrogen (secondary N) is 1. The van der Waals surface area contributed by atoms with Crippen molar-refractivity contribution in [3.8, 4) is 0 Å². The lowest BCUT2D eigenvalue weighted by Gasteiger charge is -2.12. The van der Waals surface area contributed by atoms with Crippen molar-refractivity contribution in [2.45, 2.75) is 15.5 Å². The van der Waals surface area contributed by atoms with Crippen molar-refractivity contribution in [1.82, 2.24) is 0 Å². The number of hydrogen-bond donors (Lipinski definition) is 1. The van der Waals surface area contributed by atoms with Crippen molar-refractivity contribution in [2.24, 2.45) is 0 Å². The van der Waals surface area contributed by atoms with Gasteiger partial charge in [0.15, 0.2) is 0 Å². The second-order valence-electron chi connectivity index (χ2n) is 5.40. The number of halogens is 1. The van der Waals surface area contributed by atoms with E-state index in [1.807, 2.05) is 60.7 Å². The Bertz CT molecular complexity index is 943. The lowest BCUT2D eigenvalue weighted by Crippen LogP contribution is -2.15. The Kier molecular flexibility index (Phi) is 5.68. The maximum absolute atomic E-state index is 12.5. The quantitative estimate of drug-likeness (QED) is 0.611. The summed E-state index contributed by atoms with van der Waals surface area (Å²) in [6.07, 6.45) is 0. The average molecular weight is 390 g/mol. The van der Waals surface area contributed by atoms with Gasteiger partial charge in [-0.15, -0.1) is 0 Å². The van der Waals surface area contributed by atoms with Crippen LogP contribution in [0.2, 0.25) is 5.02 Å². The number of para-hydroxylation sites is 1. The van der Waals surface area contributed by atoms with Gasteiger partial charge in [0.2, 0.25) is 10.0 Å². The third-order valence-corrected chi connectivity index (χ3v) is 5.97. The van der Waals surface area contributed by atoms with Crippen LogP contribution in [0.4, 0.5) is 5.69 Å². The van der Waals surface area contributed by atoms with Gasteiger partial charge in [-0.05, 0) is 42.0 Å². The van der Waals surface area contributed by atoms with E-state index < -0.39 is 10.0 Å². The molecule has 0 atom stereocenters. The van der Waals surface area contributed by atoms with E-state index in [1.54, 1.807) is 18.2 Å². The Morgan fingerprint density at radius 1 is 0.840 bits per heavy atom. The normalized spacial score (nSPS) is 11.2. The number of anilines is 1. The highest BCUT2D eigenvalue weighted by Crippen LogP contribution is 2.34. The molecular formula is C19H16ClNO2S2. The standard InChI is InChI=1S/C19H16ClNO2S2/c20-16-10-12-17(13-11-16)24-19-9-5-4-8-18(19)21-25(22,23)14-15-6-2-1-3-7-15/h1-13,21H,14H2. The van der Waals surface area contributed by atoms with Crippen LogP contribution < -0.4 is 4.72 Å². The van der Waals surface area contributed by atoms with Gasteiger partial charge in [-0.3, -0.25) is 4.72 Å². The number of hydrogen-bond acceptors (Lipinski definition) is 3. The molecule has 0 saturated heterocycles. The highest BCUT2D eigenvalue weighted by atomic mass is 35.5. The molecule has 0 bridgehead atoms. The molecule has 128 valence electrons. The zero-order valence-corrected chi connectivity index (χ0v) is 15.6. The molecule has 0 aliphatic rings. The van der Waals surface area contributed by atoms with Crippen LogP contribution in [0.5, 0.6) is 0 Å². The van der Waals surface area contributed by atoms with Crippen LogP contribution in [0.15, 0.2) is 88.7 Å². The van der Waals surface area contributed by atoms with E-state index in [4.69, 9.17) is 11.6 Å². The van der Waals surface area contributed by atoms with Crippen LogP contribution in [0.3, 0.4) is 0 Å². The SMILES string of the molecule is O=S(=O)(Cc1ccccc1)Nc1ccccc1Sc1ccc(Cl)cc1. The molecule has 1 N–H and O–H groups in total. The molecule has 0 fully saturated rings. The predicted octanol–water partition coefficient (Wildman–Crippen LogP) is 5.43. The Morgan fingerprint density at radius 2 is 1.48 bits per heavy atom. The van der Waals surface area contributed by atoms with Crippen molar-refractivity contribution < 1.29 is 8.42 Å². The second kappa shape index (κ2) is 7.95. The number of rotatable bonds is 6. The van der Waals surface area contributed by atoms with Crippen LogP contribution in [0.1, 0.15) is 5.56 Å². The van der Waals surface area contributed by atoms with Gasteiger partial charge in [-0.25, -0.2) is 8.42 Å². The van der Waals surface area contributed by atoms with E-state index in [9.17, 15) is 8.42 Å². The maximum atomic E-state index is 12.5. The summed E-state index contributed by atoms with van der Waals surface area (Å²) in [6.45, 7) is 0. The first kappa shape index (κ1) is 17.9. The molecule has 3 nitrogen and oxygen atoms in total. The lowest BCUT2D eigenvalue weighted by molar-refractivity contribution is 0.600. The van der Waals surface area contributed by atoms with E-state index in [0.29, 0.717) is 10.7 Å². The molecule has 0 saturated carbocycles. The molecule has 3 aromatic rings. The summed E-state index contributed by atoms with van der Waals surface area (Å²) in [7, 11) is -3.49. The highest BCUT2D eigenvalue weighted by Gasteiger charge is 2.14. The Labute approximate surface area is 157 Å². The van der Waals surface area contributed by atoms with Gasteiger partial charge in [0.25, 0.3) is 0 Å². The fraction of sp³-hybridized carbons (Fsp3) is 0.0526. The van der Waals surface area contributed by atoms with Crippen LogP contribution in [-0.4, -0.2) is 8.42 Å². The summed E-state index contributed by atoms with van der Waals surface area (Å²) >= 11 is 7.39. The summed E-state index contributed by atoms with van der Waals surface area (Å²) in [5.74, 6) is -0.0617. The molecule has 0 radical (unpaired) electrons. The van der Waals surface area contributed by atoms with Gasteiger partial charge in [-0.2, -0.15) is 0 Å². The Balaban J connectivity index is 1.79. The topological polar surface area (TPSA) is 46.2 Å². The molecule has 0 aromatic heterocycles. The lowest BCUT2D eigenvalue weighted by atomic mass is 10.2. The van der Waals surface area contributed by atoms with Crippen molar-refractivity contribution in [3.63, 3.8) is 0 Å². The molecule has 0 amide bonds. The Hall–Kier alpha value is -1.95. The third kappa shape index (κ3) is 5.26. The largest absolute Gasteiger partial charge is 0.282 e. The number of sulfonamides is 1. The molecule has 0 aliphatic heterocycles. The molecule has 3 aromatic carbocycles. The monoisotopic (exact) mass is 389 g/mol. The predicted molar refractivity (Wildman–Crippen MR) is 105 cm³/mol.